The topological polar surface area (TPSA) is 84.5 Å². The van der Waals surface area contributed by atoms with Crippen LogP contribution in [-0.2, 0) is 14.3 Å². The first kappa shape index (κ1) is 13.0. The number of amides is 2. The highest BCUT2D eigenvalue weighted by Crippen LogP contribution is 2.13. The third-order valence-electron chi connectivity index (χ3n) is 1.78. The second-order valence-corrected chi connectivity index (χ2v) is 3.29. The molecule has 0 fully saturated rings. The fourth-order valence-electron chi connectivity index (χ4n) is 0.970. The lowest BCUT2D eigenvalue weighted by Crippen LogP contribution is -2.45. The van der Waals surface area contributed by atoms with Crippen molar-refractivity contribution in [3.05, 3.63) is 34.9 Å². The van der Waals surface area contributed by atoms with Gasteiger partial charge in [-0.3, -0.25) is 20.4 Å². The van der Waals surface area contributed by atoms with Gasteiger partial charge in [-0.1, -0.05) is 23.7 Å². The number of nitrogens with one attached hydrogen (secondary N) is 2. The number of halogens is 1. The molecule has 0 spiro atoms. The molecule has 0 unspecified atom stereocenters. The SMILES string of the molecule is COC(=O)C(=O)NNC(=O)c1ccccc1Cl. The highest BCUT2D eigenvalue weighted by Gasteiger charge is 2.15. The lowest BCUT2D eigenvalue weighted by Gasteiger charge is -2.06. The number of methoxy groups -OCH3 is 1. The van der Waals surface area contributed by atoms with Crippen molar-refractivity contribution in [1.29, 1.82) is 0 Å². The Morgan fingerprint density at radius 3 is 2.41 bits per heavy atom. The first-order chi connectivity index (χ1) is 8.06. The van der Waals surface area contributed by atoms with E-state index in [4.69, 9.17) is 11.6 Å². The van der Waals surface area contributed by atoms with Gasteiger partial charge in [0.2, 0.25) is 0 Å². The van der Waals surface area contributed by atoms with Crippen molar-refractivity contribution >= 4 is 29.4 Å². The first-order valence-electron chi connectivity index (χ1n) is 4.49. The molecular formula is C10H9ClN2O4. The van der Waals surface area contributed by atoms with E-state index in [1.165, 1.54) is 12.1 Å². The maximum absolute atomic E-state index is 11.5. The molecule has 17 heavy (non-hydrogen) atoms. The van der Waals surface area contributed by atoms with Crippen LogP contribution in [0.5, 0.6) is 0 Å². The van der Waals surface area contributed by atoms with Crippen molar-refractivity contribution in [1.82, 2.24) is 10.9 Å². The maximum atomic E-state index is 11.5. The van der Waals surface area contributed by atoms with E-state index in [1.807, 2.05) is 10.9 Å². The van der Waals surface area contributed by atoms with Crippen LogP contribution in [0, 0.1) is 0 Å². The summed E-state index contributed by atoms with van der Waals surface area (Å²) < 4.78 is 4.15. The van der Waals surface area contributed by atoms with Crippen LogP contribution in [0.25, 0.3) is 0 Å². The minimum atomic E-state index is -1.11. The molecule has 0 aromatic heterocycles. The van der Waals surface area contributed by atoms with Crippen LogP contribution in [-0.4, -0.2) is 24.9 Å². The predicted octanol–water partition coefficient (Wildman–Crippen LogP) is 0.274. The first-order valence-corrected chi connectivity index (χ1v) is 4.87. The molecule has 0 saturated carbocycles. The second-order valence-electron chi connectivity index (χ2n) is 2.88. The number of rotatable bonds is 1. The van der Waals surface area contributed by atoms with Gasteiger partial charge < -0.3 is 4.74 Å². The van der Waals surface area contributed by atoms with E-state index in [1.54, 1.807) is 12.1 Å². The normalized spacial score (nSPS) is 9.29. The summed E-state index contributed by atoms with van der Waals surface area (Å²) in [6.07, 6.45) is 0. The Morgan fingerprint density at radius 2 is 1.82 bits per heavy atom. The Bertz CT molecular complexity index is 461. The Balaban J connectivity index is 2.60. The van der Waals surface area contributed by atoms with Gasteiger partial charge in [-0.15, -0.1) is 0 Å². The van der Waals surface area contributed by atoms with Crippen LogP contribution in [0.3, 0.4) is 0 Å². The lowest BCUT2D eigenvalue weighted by atomic mass is 10.2. The third kappa shape index (κ3) is 3.46. The van der Waals surface area contributed by atoms with Gasteiger partial charge >= 0.3 is 11.9 Å². The molecule has 0 aliphatic carbocycles. The number of esters is 1. The number of benzene rings is 1. The van der Waals surface area contributed by atoms with Crippen LogP contribution >= 0.6 is 11.6 Å². The van der Waals surface area contributed by atoms with Gasteiger partial charge in [0, 0.05) is 0 Å². The van der Waals surface area contributed by atoms with Gasteiger partial charge in [0.1, 0.15) is 0 Å². The number of hydrazine groups is 1. The Hall–Kier alpha value is -2.08. The maximum Gasteiger partial charge on any atom is 0.398 e. The average Bonchev–Trinajstić information content (AvgIpc) is 2.35. The molecule has 0 aliphatic rings. The van der Waals surface area contributed by atoms with E-state index in [9.17, 15) is 14.4 Å². The van der Waals surface area contributed by atoms with Crippen LogP contribution in [0.2, 0.25) is 5.02 Å². The summed E-state index contributed by atoms with van der Waals surface area (Å²) in [5, 5.41) is 0.234. The van der Waals surface area contributed by atoms with E-state index in [2.05, 4.69) is 4.74 Å². The fraction of sp³-hybridized carbons (Fsp3) is 0.100. The molecule has 7 heteroatoms. The summed E-state index contributed by atoms with van der Waals surface area (Å²) in [6, 6.07) is 6.27. The highest BCUT2D eigenvalue weighted by atomic mass is 35.5. The Labute approximate surface area is 102 Å². The molecule has 2 amide bonds. The number of carbonyl (C=O) groups is 3. The molecule has 1 aromatic rings. The van der Waals surface area contributed by atoms with E-state index < -0.39 is 17.8 Å². The van der Waals surface area contributed by atoms with E-state index in [-0.39, 0.29) is 10.6 Å². The zero-order valence-corrected chi connectivity index (χ0v) is 9.58. The van der Waals surface area contributed by atoms with Crippen molar-refractivity contribution in [2.45, 2.75) is 0 Å². The Kier molecular flexibility index (Phi) is 4.47. The largest absolute Gasteiger partial charge is 0.462 e. The summed E-state index contributed by atoms with van der Waals surface area (Å²) in [5.74, 6) is -2.81. The zero-order chi connectivity index (χ0) is 12.8. The molecule has 2 N–H and O–H groups in total. The zero-order valence-electron chi connectivity index (χ0n) is 8.82. The molecule has 90 valence electrons. The number of hydrogen-bond acceptors (Lipinski definition) is 4. The van der Waals surface area contributed by atoms with Crippen molar-refractivity contribution in [3.63, 3.8) is 0 Å². The fourth-order valence-corrected chi connectivity index (χ4v) is 1.19. The molecule has 0 bridgehead atoms. The monoisotopic (exact) mass is 256 g/mol. The van der Waals surface area contributed by atoms with Crippen molar-refractivity contribution in [2.24, 2.45) is 0 Å². The molecule has 0 heterocycles. The number of ether oxygens (including phenoxy) is 1. The molecule has 0 aliphatic heterocycles. The van der Waals surface area contributed by atoms with Gasteiger partial charge in [-0.05, 0) is 12.1 Å². The minimum Gasteiger partial charge on any atom is -0.462 e. The standard InChI is InChI=1S/C10H9ClN2O4/c1-17-10(16)9(15)13-12-8(14)6-4-2-3-5-7(6)11/h2-5H,1H3,(H,12,14)(H,13,15). The van der Waals surface area contributed by atoms with Crippen molar-refractivity contribution < 1.29 is 19.1 Å². The van der Waals surface area contributed by atoms with Crippen LogP contribution in [0.1, 0.15) is 10.4 Å². The molecule has 0 atom stereocenters. The second kappa shape index (κ2) is 5.86. The highest BCUT2D eigenvalue weighted by molar-refractivity contribution is 6.34. The van der Waals surface area contributed by atoms with Crippen molar-refractivity contribution in [2.75, 3.05) is 7.11 Å². The molecule has 6 nitrogen and oxygen atoms in total. The molecule has 1 aromatic carbocycles. The van der Waals surface area contributed by atoms with E-state index >= 15 is 0 Å². The molecule has 0 saturated heterocycles. The van der Waals surface area contributed by atoms with Crippen LogP contribution in [0.4, 0.5) is 0 Å². The van der Waals surface area contributed by atoms with Gasteiger partial charge in [0.25, 0.3) is 5.91 Å². The van der Waals surface area contributed by atoms with Gasteiger partial charge in [-0.25, -0.2) is 4.79 Å². The smallest absolute Gasteiger partial charge is 0.398 e. The third-order valence-corrected chi connectivity index (χ3v) is 2.11. The Morgan fingerprint density at radius 1 is 1.18 bits per heavy atom. The number of carbonyl (C=O) groups excluding carboxylic acids is 3. The van der Waals surface area contributed by atoms with Gasteiger partial charge in [-0.2, -0.15) is 0 Å². The average molecular weight is 257 g/mol. The van der Waals surface area contributed by atoms with Gasteiger partial charge in [0.05, 0.1) is 17.7 Å². The summed E-state index contributed by atoms with van der Waals surface area (Å²) in [6.45, 7) is 0. The summed E-state index contributed by atoms with van der Waals surface area (Å²) in [4.78, 5) is 33.2. The molecule has 0 radical (unpaired) electrons. The van der Waals surface area contributed by atoms with Crippen molar-refractivity contribution in [3.8, 4) is 0 Å². The quantitative estimate of drug-likeness (QED) is 0.429. The van der Waals surface area contributed by atoms with Crippen LogP contribution in [0.15, 0.2) is 24.3 Å². The molecular weight excluding hydrogens is 248 g/mol. The van der Waals surface area contributed by atoms with Crippen LogP contribution < -0.4 is 10.9 Å². The van der Waals surface area contributed by atoms with E-state index in [0.717, 1.165) is 7.11 Å². The summed E-state index contributed by atoms with van der Waals surface area (Å²) >= 11 is 5.76. The van der Waals surface area contributed by atoms with E-state index in [0.29, 0.717) is 0 Å². The number of hydrogen-bond donors (Lipinski definition) is 2. The summed E-state index contributed by atoms with van der Waals surface area (Å²) in [7, 11) is 1.05. The van der Waals surface area contributed by atoms with Gasteiger partial charge in [0.15, 0.2) is 0 Å². The summed E-state index contributed by atoms with van der Waals surface area (Å²) in [5.41, 5.74) is 4.10. The lowest BCUT2D eigenvalue weighted by molar-refractivity contribution is -0.153. The molecule has 1 rings (SSSR count). The minimum absolute atomic E-state index is 0.180. The predicted molar refractivity (Wildman–Crippen MR) is 59.1 cm³/mol.